The van der Waals surface area contributed by atoms with Gasteiger partial charge >= 0.3 is 12.1 Å². The van der Waals surface area contributed by atoms with E-state index < -0.39 is 40.1 Å². The molecule has 1 amide bonds. The number of carbonyl (C=O) groups is 2. The molecule has 10 nitrogen and oxygen atoms in total. The molecule has 6 atom stereocenters. The van der Waals surface area contributed by atoms with Crippen LogP contribution in [0.1, 0.15) is 44.1 Å². The highest BCUT2D eigenvalue weighted by Gasteiger charge is 2.89. The van der Waals surface area contributed by atoms with Crippen molar-refractivity contribution in [2.24, 2.45) is 5.41 Å². The number of piperidine rings is 1. The third kappa shape index (κ3) is 2.16. The predicted molar refractivity (Wildman–Crippen MR) is 123 cm³/mol. The zero-order chi connectivity index (χ0) is 25.0. The van der Waals surface area contributed by atoms with Gasteiger partial charge in [0, 0.05) is 18.3 Å². The van der Waals surface area contributed by atoms with Crippen molar-refractivity contribution < 1.29 is 38.3 Å². The normalized spacial score (nSPS) is 42.1. The second-order valence-electron chi connectivity index (χ2n) is 10.9. The fraction of sp³-hybridized carbons (Fsp3) is 0.680. The van der Waals surface area contributed by atoms with Crippen LogP contribution >= 0.6 is 0 Å². The Balaban J connectivity index is 1.78. The third-order valence-electron chi connectivity index (χ3n) is 10.1. The number of fused-ring (bicyclic) bond motifs is 3. The summed E-state index contributed by atoms with van der Waals surface area (Å²) in [7, 11) is 5.51. The number of nitrogens with zero attached hydrogens (tertiary/aromatic N) is 2. The number of anilines is 1. The van der Waals surface area contributed by atoms with Crippen LogP contribution in [0.2, 0.25) is 0 Å². The first-order chi connectivity index (χ1) is 16.7. The van der Waals surface area contributed by atoms with Crippen molar-refractivity contribution in [3.05, 3.63) is 22.9 Å². The number of methoxy groups -OCH3 is 4. The molecule has 3 aliphatic carbocycles. The van der Waals surface area contributed by atoms with E-state index >= 15 is 0 Å². The molecule has 1 aromatic rings. The molecule has 3 heterocycles. The molecule has 3 unspecified atom stereocenters. The smallest absolute Gasteiger partial charge is 0.414 e. The highest BCUT2D eigenvalue weighted by atomic mass is 16.6. The first kappa shape index (κ1) is 22.9. The standard InChI is InChI=1S/C25H32N2O8/c1-32-16-7-6-15-17(18(16)33-2)26(21(29)35-4)25-10-9-22(14-24(25,30)20(28)34-3)8-5-12-27(31)13-11-23(15,25)19(22)27/h6-7,19,30H,5,8-14H2,1-4H3/t19-,22?,23+,24+,25?,27?/m0/s1. The Morgan fingerprint density at radius 1 is 1.06 bits per heavy atom. The van der Waals surface area contributed by atoms with Crippen molar-refractivity contribution >= 4 is 17.7 Å². The number of aliphatic hydroxyl groups is 1. The monoisotopic (exact) mass is 488 g/mol. The van der Waals surface area contributed by atoms with Crippen LogP contribution in [-0.4, -0.2) is 80.5 Å². The van der Waals surface area contributed by atoms with Crippen LogP contribution in [0.4, 0.5) is 10.5 Å². The van der Waals surface area contributed by atoms with Gasteiger partial charge < -0.3 is 33.9 Å². The van der Waals surface area contributed by atoms with Crippen LogP contribution in [-0.2, 0) is 19.7 Å². The maximum atomic E-state index is 14.4. The number of hydroxylamine groups is 3. The average Bonchev–Trinajstić information content (AvgIpc) is 3.33. The first-order valence-corrected chi connectivity index (χ1v) is 12.2. The Labute approximate surface area is 203 Å². The lowest BCUT2D eigenvalue weighted by molar-refractivity contribution is -0.912. The number of rotatable bonds is 3. The second-order valence-corrected chi connectivity index (χ2v) is 10.9. The van der Waals surface area contributed by atoms with Crippen molar-refractivity contribution in [3.63, 3.8) is 0 Å². The molecule has 3 saturated carbocycles. The van der Waals surface area contributed by atoms with Crippen LogP contribution in [0.5, 0.6) is 11.5 Å². The lowest BCUT2D eigenvalue weighted by Crippen LogP contribution is -2.87. The summed E-state index contributed by atoms with van der Waals surface area (Å²) in [6, 6.07) is 3.24. The molecule has 35 heavy (non-hydrogen) atoms. The SMILES string of the molecule is COC(=O)N1c2c(ccc(OC)c2OC)[C@@]23CC[N+]4([O-])CCCC5(CCC12[C@](O)(C(=O)OC)C5)[C@@H]34. The van der Waals surface area contributed by atoms with Crippen molar-refractivity contribution in [2.45, 2.75) is 61.1 Å². The van der Waals surface area contributed by atoms with Gasteiger partial charge in [-0.2, -0.15) is 0 Å². The first-order valence-electron chi connectivity index (χ1n) is 12.2. The van der Waals surface area contributed by atoms with E-state index in [1.165, 1.54) is 33.3 Å². The van der Waals surface area contributed by atoms with E-state index in [9.17, 15) is 19.9 Å². The number of hydrogen-bond acceptors (Lipinski definition) is 8. The van der Waals surface area contributed by atoms with Crippen LogP contribution in [0.3, 0.4) is 0 Å². The molecule has 2 saturated heterocycles. The van der Waals surface area contributed by atoms with E-state index in [-0.39, 0.29) is 11.1 Å². The number of amides is 1. The van der Waals surface area contributed by atoms with Gasteiger partial charge in [-0.3, -0.25) is 4.90 Å². The highest BCUT2D eigenvalue weighted by molar-refractivity contribution is 6.01. The fourth-order valence-corrected chi connectivity index (χ4v) is 9.42. The van der Waals surface area contributed by atoms with E-state index in [1.54, 1.807) is 6.07 Å². The molecular weight excluding hydrogens is 456 g/mol. The lowest BCUT2D eigenvalue weighted by atomic mass is 9.37. The van der Waals surface area contributed by atoms with Gasteiger partial charge in [-0.05, 0) is 37.3 Å². The zero-order valence-electron chi connectivity index (χ0n) is 20.6. The van der Waals surface area contributed by atoms with Gasteiger partial charge in [-0.1, -0.05) is 6.07 Å². The molecule has 7 rings (SSSR count). The number of esters is 1. The third-order valence-corrected chi connectivity index (χ3v) is 10.1. The molecule has 2 bridgehead atoms. The Hall–Kier alpha value is -2.56. The van der Waals surface area contributed by atoms with Crippen molar-refractivity contribution in [1.29, 1.82) is 0 Å². The van der Waals surface area contributed by atoms with Crippen LogP contribution in [0.25, 0.3) is 0 Å². The van der Waals surface area contributed by atoms with Gasteiger partial charge in [0.25, 0.3) is 0 Å². The largest absolute Gasteiger partial charge is 0.633 e. The summed E-state index contributed by atoms with van der Waals surface area (Å²) in [5, 5.41) is 26.9. The minimum absolute atomic E-state index is 0.0717. The molecule has 190 valence electrons. The summed E-state index contributed by atoms with van der Waals surface area (Å²) in [5.41, 5.74) is -3.88. The molecule has 6 aliphatic rings. The number of quaternary nitrogens is 1. The maximum absolute atomic E-state index is 14.4. The maximum Gasteiger partial charge on any atom is 0.414 e. The fourth-order valence-electron chi connectivity index (χ4n) is 9.42. The Morgan fingerprint density at radius 2 is 1.83 bits per heavy atom. The summed E-state index contributed by atoms with van der Waals surface area (Å²) in [6.45, 7) is 0.843. The van der Waals surface area contributed by atoms with Crippen molar-refractivity contribution in [2.75, 3.05) is 46.4 Å². The minimum Gasteiger partial charge on any atom is -0.633 e. The molecule has 10 heteroatoms. The predicted octanol–water partition coefficient (Wildman–Crippen LogP) is 2.24. The van der Waals surface area contributed by atoms with Gasteiger partial charge in [0.05, 0.1) is 52.6 Å². The molecule has 3 aliphatic heterocycles. The number of carbonyl (C=O) groups excluding carboxylic acids is 2. The van der Waals surface area contributed by atoms with E-state index in [2.05, 4.69) is 0 Å². The van der Waals surface area contributed by atoms with E-state index in [0.29, 0.717) is 49.5 Å². The summed E-state index contributed by atoms with van der Waals surface area (Å²) in [4.78, 5) is 28.6. The van der Waals surface area contributed by atoms with Crippen molar-refractivity contribution in [3.8, 4) is 11.5 Å². The van der Waals surface area contributed by atoms with Crippen LogP contribution in [0.15, 0.2) is 12.1 Å². The van der Waals surface area contributed by atoms with Gasteiger partial charge in [-0.15, -0.1) is 0 Å². The van der Waals surface area contributed by atoms with E-state index in [0.717, 1.165) is 18.4 Å². The molecule has 1 N–H and O–H groups in total. The molecular formula is C25H32N2O8. The summed E-state index contributed by atoms with van der Waals surface area (Å²) >= 11 is 0. The Bertz CT molecular complexity index is 1140. The quantitative estimate of drug-likeness (QED) is 0.391. The number of hydrogen-bond donors (Lipinski definition) is 1. The van der Waals surface area contributed by atoms with Crippen LogP contribution < -0.4 is 14.4 Å². The molecule has 5 fully saturated rings. The van der Waals surface area contributed by atoms with Gasteiger partial charge in [0.15, 0.2) is 17.1 Å². The molecule has 1 aromatic carbocycles. The van der Waals surface area contributed by atoms with E-state index in [1.807, 2.05) is 6.07 Å². The summed E-state index contributed by atoms with van der Waals surface area (Å²) in [5.74, 6) is -0.0736. The summed E-state index contributed by atoms with van der Waals surface area (Å²) < 4.78 is 21.4. The van der Waals surface area contributed by atoms with Gasteiger partial charge in [0.1, 0.15) is 11.6 Å². The number of ether oxygens (including phenoxy) is 4. The topological polar surface area (TPSA) is 118 Å². The molecule has 3 spiro atoms. The minimum atomic E-state index is -2.03. The Kier molecular flexibility index (Phi) is 4.45. The van der Waals surface area contributed by atoms with Crippen molar-refractivity contribution in [1.82, 2.24) is 0 Å². The molecule has 0 radical (unpaired) electrons. The summed E-state index contributed by atoms with van der Waals surface area (Å²) in [6.07, 6.45) is 2.22. The number of benzene rings is 1. The highest BCUT2D eigenvalue weighted by Crippen LogP contribution is 2.79. The Morgan fingerprint density at radius 3 is 2.49 bits per heavy atom. The second kappa shape index (κ2) is 6.80. The average molecular weight is 489 g/mol. The van der Waals surface area contributed by atoms with E-state index in [4.69, 9.17) is 18.9 Å². The van der Waals surface area contributed by atoms with Gasteiger partial charge in [-0.25, -0.2) is 9.59 Å². The van der Waals surface area contributed by atoms with Gasteiger partial charge in [0.2, 0.25) is 0 Å². The van der Waals surface area contributed by atoms with Crippen LogP contribution in [0, 0.1) is 10.6 Å². The zero-order valence-corrected chi connectivity index (χ0v) is 20.6. The molecule has 0 aromatic heterocycles. The lowest BCUT2D eigenvalue weighted by Gasteiger charge is -2.72.